The standard InChI is InChI=1S/C12H14BrN.C2H6/c13-12-3-1-10(2-4-12)9-11-5-7-14-8-6-11;1-2/h1-4,9,14H,5-8H2;1-2H3. The number of rotatable bonds is 1. The second kappa shape index (κ2) is 7.64. The van der Waals surface area contributed by atoms with Crippen molar-refractivity contribution < 1.29 is 0 Å². The maximum Gasteiger partial charge on any atom is 0.0175 e. The summed E-state index contributed by atoms with van der Waals surface area (Å²) in [5, 5.41) is 3.36. The molecule has 1 N–H and O–H groups in total. The van der Waals surface area contributed by atoms with E-state index in [4.69, 9.17) is 0 Å². The predicted octanol–water partition coefficient (Wildman–Crippen LogP) is 4.24. The number of piperidine rings is 1. The predicted molar refractivity (Wildman–Crippen MR) is 75.6 cm³/mol. The summed E-state index contributed by atoms with van der Waals surface area (Å²) in [6.45, 7) is 6.25. The highest BCUT2D eigenvalue weighted by Crippen LogP contribution is 2.17. The van der Waals surface area contributed by atoms with Crippen molar-refractivity contribution in [3.8, 4) is 0 Å². The first kappa shape index (κ1) is 13.5. The summed E-state index contributed by atoms with van der Waals surface area (Å²) < 4.78 is 1.14. The van der Waals surface area contributed by atoms with E-state index in [2.05, 4.69) is 51.6 Å². The molecule has 0 unspecified atom stereocenters. The third-order valence-electron chi connectivity index (χ3n) is 2.49. The van der Waals surface area contributed by atoms with Crippen molar-refractivity contribution in [1.29, 1.82) is 0 Å². The zero-order chi connectivity index (χ0) is 11.8. The Morgan fingerprint density at radius 1 is 1.06 bits per heavy atom. The highest BCUT2D eigenvalue weighted by molar-refractivity contribution is 9.10. The Bertz CT molecular complexity index is 319. The van der Waals surface area contributed by atoms with Crippen LogP contribution in [-0.2, 0) is 0 Å². The van der Waals surface area contributed by atoms with Crippen LogP contribution in [0.2, 0.25) is 0 Å². The van der Waals surface area contributed by atoms with Crippen LogP contribution in [0, 0.1) is 0 Å². The van der Waals surface area contributed by atoms with Gasteiger partial charge < -0.3 is 5.32 Å². The van der Waals surface area contributed by atoms with E-state index in [9.17, 15) is 0 Å². The Morgan fingerprint density at radius 2 is 1.62 bits per heavy atom. The van der Waals surface area contributed by atoms with Crippen molar-refractivity contribution in [2.45, 2.75) is 26.7 Å². The fraction of sp³-hybridized carbons (Fsp3) is 0.429. The van der Waals surface area contributed by atoms with Crippen molar-refractivity contribution in [1.82, 2.24) is 5.32 Å². The van der Waals surface area contributed by atoms with Crippen molar-refractivity contribution in [3.63, 3.8) is 0 Å². The van der Waals surface area contributed by atoms with Crippen LogP contribution in [0.1, 0.15) is 32.3 Å². The van der Waals surface area contributed by atoms with Gasteiger partial charge in [0.2, 0.25) is 0 Å². The number of halogens is 1. The molecule has 1 aromatic rings. The second-order valence-corrected chi connectivity index (χ2v) is 4.52. The topological polar surface area (TPSA) is 12.0 Å². The molecule has 0 spiro atoms. The van der Waals surface area contributed by atoms with Crippen LogP contribution in [0.5, 0.6) is 0 Å². The molecule has 0 aliphatic carbocycles. The zero-order valence-electron chi connectivity index (χ0n) is 10.1. The second-order valence-electron chi connectivity index (χ2n) is 3.60. The van der Waals surface area contributed by atoms with Gasteiger partial charge in [0.1, 0.15) is 0 Å². The Kier molecular flexibility index (Phi) is 6.43. The van der Waals surface area contributed by atoms with E-state index in [0.29, 0.717) is 0 Å². The third kappa shape index (κ3) is 4.50. The average molecular weight is 282 g/mol. The normalized spacial score (nSPS) is 15.1. The van der Waals surface area contributed by atoms with Crippen molar-refractivity contribution in [2.24, 2.45) is 0 Å². The molecule has 88 valence electrons. The van der Waals surface area contributed by atoms with Gasteiger partial charge in [0.15, 0.2) is 0 Å². The van der Waals surface area contributed by atoms with Gasteiger partial charge in [-0.05, 0) is 43.6 Å². The Hall–Kier alpha value is -0.600. The smallest absolute Gasteiger partial charge is 0.0175 e. The monoisotopic (exact) mass is 281 g/mol. The van der Waals surface area contributed by atoms with Gasteiger partial charge in [0.25, 0.3) is 0 Å². The SMILES string of the molecule is Brc1ccc(C=C2CCNCC2)cc1.CC. The lowest BCUT2D eigenvalue weighted by Crippen LogP contribution is -2.22. The number of benzene rings is 1. The van der Waals surface area contributed by atoms with Gasteiger partial charge in [-0.15, -0.1) is 0 Å². The maximum absolute atomic E-state index is 3.44. The Morgan fingerprint density at radius 3 is 2.19 bits per heavy atom. The van der Waals surface area contributed by atoms with E-state index in [-0.39, 0.29) is 0 Å². The summed E-state index contributed by atoms with van der Waals surface area (Å²) in [6, 6.07) is 8.49. The molecule has 1 saturated heterocycles. The molecule has 1 nitrogen and oxygen atoms in total. The van der Waals surface area contributed by atoms with Crippen LogP contribution >= 0.6 is 15.9 Å². The minimum absolute atomic E-state index is 1.13. The molecule has 1 fully saturated rings. The molecule has 0 radical (unpaired) electrons. The quantitative estimate of drug-likeness (QED) is 0.812. The lowest BCUT2D eigenvalue weighted by atomic mass is 10.0. The van der Waals surface area contributed by atoms with Crippen LogP contribution < -0.4 is 5.32 Å². The molecule has 0 amide bonds. The summed E-state index contributed by atoms with van der Waals surface area (Å²) in [4.78, 5) is 0. The molecule has 1 aromatic carbocycles. The number of hydrogen-bond acceptors (Lipinski definition) is 1. The molecule has 2 rings (SSSR count). The average Bonchev–Trinajstić information content (AvgIpc) is 2.36. The van der Waals surface area contributed by atoms with Gasteiger partial charge in [0.05, 0.1) is 0 Å². The van der Waals surface area contributed by atoms with Crippen LogP contribution in [-0.4, -0.2) is 13.1 Å². The van der Waals surface area contributed by atoms with Crippen LogP contribution in [0.25, 0.3) is 6.08 Å². The summed E-state index contributed by atoms with van der Waals surface area (Å²) in [5.74, 6) is 0. The summed E-state index contributed by atoms with van der Waals surface area (Å²) in [5.41, 5.74) is 2.87. The summed E-state index contributed by atoms with van der Waals surface area (Å²) in [6.07, 6.45) is 4.69. The van der Waals surface area contributed by atoms with Crippen molar-refractivity contribution in [2.75, 3.05) is 13.1 Å². The number of nitrogens with one attached hydrogen (secondary N) is 1. The fourth-order valence-electron chi connectivity index (χ4n) is 1.69. The Labute approximate surface area is 107 Å². The van der Waals surface area contributed by atoms with Gasteiger partial charge >= 0.3 is 0 Å². The molecule has 16 heavy (non-hydrogen) atoms. The van der Waals surface area contributed by atoms with Crippen LogP contribution in [0.3, 0.4) is 0 Å². The molecule has 0 saturated carbocycles. The van der Waals surface area contributed by atoms with Gasteiger partial charge in [-0.25, -0.2) is 0 Å². The van der Waals surface area contributed by atoms with Gasteiger partial charge in [-0.3, -0.25) is 0 Å². The van der Waals surface area contributed by atoms with Crippen molar-refractivity contribution >= 4 is 22.0 Å². The van der Waals surface area contributed by atoms with E-state index in [1.807, 2.05) is 13.8 Å². The van der Waals surface area contributed by atoms with Gasteiger partial charge in [-0.2, -0.15) is 0 Å². The molecule has 1 heterocycles. The fourth-order valence-corrected chi connectivity index (χ4v) is 1.95. The third-order valence-corrected chi connectivity index (χ3v) is 3.02. The lowest BCUT2D eigenvalue weighted by molar-refractivity contribution is 0.613. The van der Waals surface area contributed by atoms with E-state index in [0.717, 1.165) is 17.6 Å². The van der Waals surface area contributed by atoms with Gasteiger partial charge in [-0.1, -0.05) is 53.6 Å². The molecule has 1 aliphatic heterocycles. The molecule has 2 heteroatoms. The minimum atomic E-state index is 1.13. The van der Waals surface area contributed by atoms with E-state index < -0.39 is 0 Å². The van der Waals surface area contributed by atoms with Gasteiger partial charge in [0, 0.05) is 4.47 Å². The first-order valence-electron chi connectivity index (χ1n) is 6.00. The summed E-state index contributed by atoms with van der Waals surface area (Å²) in [7, 11) is 0. The minimum Gasteiger partial charge on any atom is -0.316 e. The Balaban J connectivity index is 0.000000606. The van der Waals surface area contributed by atoms with E-state index in [1.54, 1.807) is 5.57 Å². The maximum atomic E-state index is 3.44. The molecule has 0 bridgehead atoms. The van der Waals surface area contributed by atoms with E-state index >= 15 is 0 Å². The molecular weight excluding hydrogens is 262 g/mol. The lowest BCUT2D eigenvalue weighted by Gasteiger charge is -2.15. The zero-order valence-corrected chi connectivity index (χ0v) is 11.7. The molecule has 0 aromatic heterocycles. The first-order valence-corrected chi connectivity index (χ1v) is 6.79. The molecule has 1 aliphatic rings. The molecular formula is C14H20BrN. The van der Waals surface area contributed by atoms with Crippen LogP contribution in [0.15, 0.2) is 34.3 Å². The largest absolute Gasteiger partial charge is 0.316 e. The molecule has 0 atom stereocenters. The van der Waals surface area contributed by atoms with E-state index in [1.165, 1.54) is 18.4 Å². The highest BCUT2D eigenvalue weighted by Gasteiger charge is 2.03. The van der Waals surface area contributed by atoms with Crippen molar-refractivity contribution in [3.05, 3.63) is 39.9 Å². The summed E-state index contributed by atoms with van der Waals surface area (Å²) >= 11 is 3.44. The number of hydrogen-bond donors (Lipinski definition) is 1. The van der Waals surface area contributed by atoms with Crippen LogP contribution in [0.4, 0.5) is 0 Å². The highest BCUT2D eigenvalue weighted by atomic mass is 79.9. The first-order chi connectivity index (χ1) is 7.84.